The van der Waals surface area contributed by atoms with Crippen LogP contribution in [0.25, 0.3) is 0 Å². The number of aliphatic carboxylic acids is 8. The molecule has 4 atom stereocenters. The molecule has 264 valence electrons. The standard InChI is InChI=1S/C6H12O6.8C2H4O2/c7-1-3(9)5(11)6(12)4(10)2-8;8*1-2(3)4/h1,3-6,8-12H,2H2;8*1H3,(H,3,4). The van der Waals surface area contributed by atoms with Crippen molar-refractivity contribution in [1.29, 1.82) is 0 Å². The summed E-state index contributed by atoms with van der Waals surface area (Å²) in [6.45, 7) is 7.91. The zero-order valence-electron chi connectivity index (χ0n) is 25.1. The van der Waals surface area contributed by atoms with Gasteiger partial charge in [-0.1, -0.05) is 0 Å². The van der Waals surface area contributed by atoms with Gasteiger partial charge in [0.05, 0.1) is 6.61 Å². The summed E-state index contributed by atoms with van der Waals surface area (Å²) in [5.41, 5.74) is 0. The first kappa shape index (κ1) is 62.7. The first-order valence-corrected chi connectivity index (χ1v) is 10.7. The SMILES string of the molecule is CC(=O)O.CC(=O)O.CC(=O)O.CC(=O)O.CC(=O)O.CC(=O)O.CC(=O)O.CC(=O)O.O=CC(O)C(O)C(O)C(O)CO. The Kier molecular flexibility index (Phi) is 68.4. The van der Waals surface area contributed by atoms with Crippen LogP contribution < -0.4 is 0 Å². The minimum absolute atomic E-state index is 0.0258. The van der Waals surface area contributed by atoms with E-state index in [2.05, 4.69) is 0 Å². The molecule has 44 heavy (non-hydrogen) atoms. The third kappa shape index (κ3) is 387. The molecular formula is C22H44O22. The molecule has 0 rings (SSSR count). The minimum atomic E-state index is -1.79. The van der Waals surface area contributed by atoms with Crippen LogP contribution in [0.5, 0.6) is 0 Å². The van der Waals surface area contributed by atoms with Crippen molar-refractivity contribution in [3.05, 3.63) is 0 Å². The van der Waals surface area contributed by atoms with E-state index in [1.54, 1.807) is 0 Å². The molecule has 0 aromatic heterocycles. The van der Waals surface area contributed by atoms with Crippen molar-refractivity contribution in [2.24, 2.45) is 0 Å². The fourth-order valence-corrected chi connectivity index (χ4v) is 0.618. The van der Waals surface area contributed by atoms with E-state index in [0.29, 0.717) is 0 Å². The van der Waals surface area contributed by atoms with Gasteiger partial charge in [0, 0.05) is 55.4 Å². The summed E-state index contributed by atoms with van der Waals surface area (Å²) >= 11 is 0. The lowest BCUT2D eigenvalue weighted by Crippen LogP contribution is -2.46. The molecule has 22 heteroatoms. The van der Waals surface area contributed by atoms with Crippen LogP contribution in [0.2, 0.25) is 0 Å². The first-order chi connectivity index (χ1) is 19.4. The summed E-state index contributed by atoms with van der Waals surface area (Å²) in [4.78, 5) is 81.9. The number of hydrogen-bond donors (Lipinski definition) is 13. The molecule has 0 saturated carbocycles. The van der Waals surface area contributed by atoms with Crippen molar-refractivity contribution in [1.82, 2.24) is 0 Å². The molecule has 0 bridgehead atoms. The Morgan fingerprint density at radius 1 is 0.432 bits per heavy atom. The molecule has 13 N–H and O–H groups in total. The van der Waals surface area contributed by atoms with E-state index in [4.69, 9.17) is 105 Å². The van der Waals surface area contributed by atoms with Crippen molar-refractivity contribution in [3.63, 3.8) is 0 Å². The zero-order valence-corrected chi connectivity index (χ0v) is 25.1. The highest BCUT2D eigenvalue weighted by atomic mass is 16.4. The lowest BCUT2D eigenvalue weighted by Gasteiger charge is -2.22. The van der Waals surface area contributed by atoms with Gasteiger partial charge < -0.3 is 71.2 Å². The van der Waals surface area contributed by atoms with E-state index in [0.717, 1.165) is 55.4 Å². The quantitative estimate of drug-likeness (QED) is 0.134. The molecule has 4 unspecified atom stereocenters. The fraction of sp³-hybridized carbons (Fsp3) is 0.591. The average molecular weight is 661 g/mol. The predicted octanol–water partition coefficient (Wildman–Crippen LogP) is -2.65. The van der Waals surface area contributed by atoms with Gasteiger partial charge in [0.2, 0.25) is 0 Å². The van der Waals surface area contributed by atoms with Crippen LogP contribution in [0.1, 0.15) is 55.4 Å². The van der Waals surface area contributed by atoms with E-state index in [1.165, 1.54) is 0 Å². The topological polar surface area (TPSA) is 417 Å². The fourth-order valence-electron chi connectivity index (χ4n) is 0.618. The van der Waals surface area contributed by atoms with Crippen LogP contribution in [0, 0.1) is 0 Å². The molecule has 0 aliphatic rings. The number of carbonyl (C=O) groups excluding carboxylic acids is 1. The number of aliphatic hydroxyl groups is 5. The predicted molar refractivity (Wildman–Crippen MR) is 144 cm³/mol. The Morgan fingerprint density at radius 3 is 0.659 bits per heavy atom. The average Bonchev–Trinajstić information content (AvgIpc) is 2.74. The number of rotatable bonds is 5. The van der Waals surface area contributed by atoms with Gasteiger partial charge >= 0.3 is 0 Å². The number of carbonyl (C=O) groups is 9. The molecule has 0 aliphatic carbocycles. The van der Waals surface area contributed by atoms with Gasteiger partial charge in [0.25, 0.3) is 47.8 Å². The van der Waals surface area contributed by atoms with Crippen LogP contribution in [0.15, 0.2) is 0 Å². The highest BCUT2D eigenvalue weighted by molar-refractivity contribution is 5.64. The second-order valence-electron chi connectivity index (χ2n) is 6.51. The third-order valence-electron chi connectivity index (χ3n) is 1.42. The smallest absolute Gasteiger partial charge is 0.300 e. The molecule has 0 spiro atoms. The summed E-state index contributed by atoms with van der Waals surface area (Å²) < 4.78 is 0. The summed E-state index contributed by atoms with van der Waals surface area (Å²) in [7, 11) is 0. The second-order valence-corrected chi connectivity index (χ2v) is 6.51. The number of carboxylic acid groups (broad SMARTS) is 8. The Morgan fingerprint density at radius 2 is 0.568 bits per heavy atom. The van der Waals surface area contributed by atoms with Crippen molar-refractivity contribution >= 4 is 54.0 Å². The number of aldehydes is 1. The van der Waals surface area contributed by atoms with Crippen LogP contribution in [0.4, 0.5) is 0 Å². The molecule has 0 aliphatic heterocycles. The lowest BCUT2D eigenvalue weighted by atomic mass is 10.0. The highest BCUT2D eigenvalue weighted by Gasteiger charge is 2.29. The third-order valence-corrected chi connectivity index (χ3v) is 1.42. The summed E-state index contributed by atoms with van der Waals surface area (Å²) in [6, 6.07) is 0. The maximum absolute atomic E-state index is 9.90. The summed E-state index contributed by atoms with van der Waals surface area (Å²) in [6.07, 6.45) is -6.84. The molecular weight excluding hydrogens is 616 g/mol. The van der Waals surface area contributed by atoms with Crippen molar-refractivity contribution in [2.45, 2.75) is 79.8 Å². The highest BCUT2D eigenvalue weighted by Crippen LogP contribution is 2.02. The second kappa shape index (κ2) is 48.0. The number of hydrogen-bond acceptors (Lipinski definition) is 14. The molecule has 0 aromatic rings. The lowest BCUT2D eigenvalue weighted by molar-refractivity contribution is -0.136. The van der Waals surface area contributed by atoms with Crippen LogP contribution in [0.3, 0.4) is 0 Å². The van der Waals surface area contributed by atoms with Gasteiger partial charge in [-0.15, -0.1) is 0 Å². The Bertz CT molecular complexity index is 602. The molecule has 0 saturated heterocycles. The van der Waals surface area contributed by atoms with Crippen molar-refractivity contribution in [3.8, 4) is 0 Å². The summed E-state index contributed by atoms with van der Waals surface area (Å²) in [5.74, 6) is -6.67. The van der Waals surface area contributed by atoms with Crippen molar-refractivity contribution in [2.75, 3.05) is 6.61 Å². The van der Waals surface area contributed by atoms with Gasteiger partial charge in [-0.2, -0.15) is 0 Å². The Labute approximate surface area is 250 Å². The Hall–Kier alpha value is -4.77. The maximum atomic E-state index is 9.90. The van der Waals surface area contributed by atoms with Gasteiger partial charge in [-0.25, -0.2) is 0 Å². The number of carboxylic acids is 8. The normalized spacial score (nSPS) is 10.3. The van der Waals surface area contributed by atoms with Crippen molar-refractivity contribution < 1.29 is 110 Å². The Balaban J connectivity index is -0.0000000472. The van der Waals surface area contributed by atoms with E-state index >= 15 is 0 Å². The number of aliphatic hydroxyl groups excluding tert-OH is 5. The minimum Gasteiger partial charge on any atom is -0.481 e. The van der Waals surface area contributed by atoms with Gasteiger partial charge in [0.1, 0.15) is 24.4 Å². The van der Waals surface area contributed by atoms with Crippen LogP contribution >= 0.6 is 0 Å². The largest absolute Gasteiger partial charge is 0.481 e. The monoisotopic (exact) mass is 660 g/mol. The molecule has 0 amide bonds. The summed E-state index contributed by atoms with van der Waals surface area (Å²) in [5, 5.41) is 103. The van der Waals surface area contributed by atoms with Crippen LogP contribution in [-0.4, -0.2) is 151 Å². The molecule has 0 aromatic carbocycles. The molecule has 22 nitrogen and oxygen atoms in total. The van der Waals surface area contributed by atoms with E-state index < -0.39 is 78.8 Å². The van der Waals surface area contributed by atoms with Crippen LogP contribution in [-0.2, 0) is 43.2 Å². The molecule has 0 heterocycles. The van der Waals surface area contributed by atoms with Gasteiger partial charge in [-0.3, -0.25) is 38.4 Å². The van der Waals surface area contributed by atoms with Gasteiger partial charge in [0.15, 0.2) is 6.29 Å². The maximum Gasteiger partial charge on any atom is 0.300 e. The molecule has 0 fully saturated rings. The van der Waals surface area contributed by atoms with E-state index in [9.17, 15) is 4.79 Å². The zero-order chi connectivity index (χ0) is 38.3. The van der Waals surface area contributed by atoms with E-state index in [1.807, 2.05) is 0 Å². The van der Waals surface area contributed by atoms with Gasteiger partial charge in [-0.05, 0) is 0 Å². The van der Waals surface area contributed by atoms with E-state index in [-0.39, 0.29) is 6.29 Å². The first-order valence-electron chi connectivity index (χ1n) is 10.7. The molecule has 0 radical (unpaired) electrons.